The lowest BCUT2D eigenvalue weighted by Crippen LogP contribution is -2.21. The number of rotatable bonds is 2. The predicted octanol–water partition coefficient (Wildman–Crippen LogP) is 1.76. The molecule has 1 unspecified atom stereocenters. The first-order valence-corrected chi connectivity index (χ1v) is 6.89. The van der Waals surface area contributed by atoms with Crippen LogP contribution < -0.4 is 0 Å². The van der Waals surface area contributed by atoms with Crippen LogP contribution in [-0.4, -0.2) is 19.8 Å². The SMILES string of the molecule is CC1(C)CC(S(=O)(=O)c2ccccc2)OC1=O. The van der Waals surface area contributed by atoms with Gasteiger partial charge in [0.1, 0.15) is 0 Å². The molecule has 0 spiro atoms. The number of benzene rings is 1. The Balaban J connectivity index is 2.34. The number of ether oxygens (including phenoxy) is 1. The molecule has 0 N–H and O–H groups in total. The normalized spacial score (nSPS) is 23.4. The molecule has 1 atom stereocenters. The molecule has 1 aliphatic rings. The van der Waals surface area contributed by atoms with Crippen molar-refractivity contribution in [3.63, 3.8) is 0 Å². The summed E-state index contributed by atoms with van der Waals surface area (Å²) in [5.41, 5.74) is -1.79. The molecule has 92 valence electrons. The molecule has 1 saturated heterocycles. The third kappa shape index (κ3) is 2.07. The second kappa shape index (κ2) is 3.84. The molecule has 1 aromatic rings. The predicted molar refractivity (Wildman–Crippen MR) is 61.9 cm³/mol. The fraction of sp³-hybridized carbons (Fsp3) is 0.417. The average Bonchev–Trinajstić information content (AvgIpc) is 2.55. The van der Waals surface area contributed by atoms with Crippen LogP contribution in [0.1, 0.15) is 20.3 Å². The van der Waals surface area contributed by atoms with Gasteiger partial charge in [0.15, 0.2) is 0 Å². The van der Waals surface area contributed by atoms with Crippen molar-refractivity contribution >= 4 is 15.8 Å². The highest BCUT2D eigenvalue weighted by Crippen LogP contribution is 2.37. The van der Waals surface area contributed by atoms with E-state index in [2.05, 4.69) is 0 Å². The summed E-state index contributed by atoms with van der Waals surface area (Å²) >= 11 is 0. The van der Waals surface area contributed by atoms with Crippen molar-refractivity contribution in [1.29, 1.82) is 0 Å². The molecule has 1 aromatic carbocycles. The van der Waals surface area contributed by atoms with Gasteiger partial charge in [-0.1, -0.05) is 18.2 Å². The van der Waals surface area contributed by atoms with Crippen LogP contribution >= 0.6 is 0 Å². The van der Waals surface area contributed by atoms with E-state index in [-0.39, 0.29) is 11.3 Å². The maximum absolute atomic E-state index is 12.2. The average molecular weight is 254 g/mol. The summed E-state index contributed by atoms with van der Waals surface area (Å²) in [5, 5.41) is 0. The van der Waals surface area contributed by atoms with Crippen LogP contribution in [0.25, 0.3) is 0 Å². The Labute approximate surface area is 101 Å². The fourth-order valence-corrected chi connectivity index (χ4v) is 3.45. The number of cyclic esters (lactones) is 1. The van der Waals surface area contributed by atoms with Gasteiger partial charge < -0.3 is 4.74 Å². The lowest BCUT2D eigenvalue weighted by Gasteiger charge is -2.11. The molecular weight excluding hydrogens is 240 g/mol. The van der Waals surface area contributed by atoms with Crippen LogP contribution in [0.15, 0.2) is 35.2 Å². The minimum atomic E-state index is -3.59. The number of hydrogen-bond acceptors (Lipinski definition) is 4. The van der Waals surface area contributed by atoms with E-state index in [1.165, 1.54) is 12.1 Å². The van der Waals surface area contributed by atoms with E-state index in [1.54, 1.807) is 32.0 Å². The lowest BCUT2D eigenvalue weighted by molar-refractivity contribution is -0.145. The Morgan fingerprint density at radius 3 is 2.29 bits per heavy atom. The molecule has 0 saturated carbocycles. The largest absolute Gasteiger partial charge is 0.445 e. The molecular formula is C12H14O4S. The van der Waals surface area contributed by atoms with Gasteiger partial charge in [0.05, 0.1) is 10.3 Å². The lowest BCUT2D eigenvalue weighted by atomic mass is 9.92. The first-order valence-electron chi connectivity index (χ1n) is 5.34. The van der Waals surface area contributed by atoms with Gasteiger partial charge in [-0.25, -0.2) is 8.42 Å². The summed E-state index contributed by atoms with van der Waals surface area (Å²) in [7, 11) is -3.59. The van der Waals surface area contributed by atoms with Crippen molar-refractivity contribution in [2.45, 2.75) is 30.6 Å². The summed E-state index contributed by atoms with van der Waals surface area (Å²) in [6, 6.07) is 8.05. The van der Waals surface area contributed by atoms with Crippen molar-refractivity contribution in [2.75, 3.05) is 0 Å². The Hall–Kier alpha value is -1.36. The van der Waals surface area contributed by atoms with Crippen LogP contribution in [0.4, 0.5) is 0 Å². The zero-order valence-corrected chi connectivity index (χ0v) is 10.5. The van der Waals surface area contributed by atoms with E-state index >= 15 is 0 Å². The molecule has 0 aromatic heterocycles. The minimum absolute atomic E-state index is 0.190. The second-order valence-electron chi connectivity index (χ2n) is 4.78. The van der Waals surface area contributed by atoms with Crippen LogP contribution in [0.3, 0.4) is 0 Å². The minimum Gasteiger partial charge on any atom is -0.445 e. The summed E-state index contributed by atoms with van der Waals surface area (Å²) < 4.78 is 29.4. The summed E-state index contributed by atoms with van der Waals surface area (Å²) in [6.45, 7) is 3.38. The molecule has 1 fully saturated rings. The number of esters is 1. The van der Waals surface area contributed by atoms with Crippen LogP contribution in [0.5, 0.6) is 0 Å². The van der Waals surface area contributed by atoms with Crippen molar-refractivity contribution in [3.05, 3.63) is 30.3 Å². The van der Waals surface area contributed by atoms with E-state index in [0.29, 0.717) is 0 Å². The highest BCUT2D eigenvalue weighted by molar-refractivity contribution is 7.92. The molecule has 4 nitrogen and oxygen atoms in total. The molecule has 1 aliphatic heterocycles. The van der Waals surface area contributed by atoms with E-state index in [1.807, 2.05) is 0 Å². The monoisotopic (exact) mass is 254 g/mol. The zero-order chi connectivity index (χ0) is 12.7. The number of hydrogen-bond donors (Lipinski definition) is 0. The Kier molecular flexibility index (Phi) is 2.73. The third-order valence-electron chi connectivity index (χ3n) is 2.89. The fourth-order valence-electron chi connectivity index (χ4n) is 1.76. The molecule has 0 amide bonds. The molecule has 1 heterocycles. The first-order chi connectivity index (χ1) is 7.84. The summed E-state index contributed by atoms with van der Waals surface area (Å²) in [6.07, 6.45) is 0.197. The standard InChI is InChI=1S/C12H14O4S/c1-12(2)8-10(16-11(12)13)17(14,15)9-6-4-3-5-7-9/h3-7,10H,8H2,1-2H3. The molecule has 5 heteroatoms. The molecule has 0 radical (unpaired) electrons. The third-order valence-corrected chi connectivity index (χ3v) is 4.77. The van der Waals surface area contributed by atoms with Crippen molar-refractivity contribution in [1.82, 2.24) is 0 Å². The van der Waals surface area contributed by atoms with Gasteiger partial charge in [0, 0.05) is 6.42 Å². The quantitative estimate of drug-likeness (QED) is 0.754. The molecule has 2 rings (SSSR count). The van der Waals surface area contributed by atoms with Crippen LogP contribution in [0, 0.1) is 5.41 Å². The Bertz CT molecular complexity index is 531. The molecule has 0 bridgehead atoms. The van der Waals surface area contributed by atoms with E-state index in [9.17, 15) is 13.2 Å². The van der Waals surface area contributed by atoms with Gasteiger partial charge in [0.2, 0.25) is 15.3 Å². The highest BCUT2D eigenvalue weighted by atomic mass is 32.2. The second-order valence-corrected chi connectivity index (χ2v) is 6.87. The van der Waals surface area contributed by atoms with Crippen LogP contribution in [0.2, 0.25) is 0 Å². The van der Waals surface area contributed by atoms with Crippen molar-refractivity contribution < 1.29 is 17.9 Å². The Morgan fingerprint density at radius 1 is 1.24 bits per heavy atom. The van der Waals surface area contributed by atoms with Crippen LogP contribution in [-0.2, 0) is 19.4 Å². The zero-order valence-electron chi connectivity index (χ0n) is 9.71. The van der Waals surface area contributed by atoms with Crippen molar-refractivity contribution in [3.8, 4) is 0 Å². The molecule has 0 aliphatic carbocycles. The van der Waals surface area contributed by atoms with Gasteiger partial charge in [0.25, 0.3) is 0 Å². The van der Waals surface area contributed by atoms with Crippen molar-refractivity contribution in [2.24, 2.45) is 5.41 Å². The van der Waals surface area contributed by atoms with Gasteiger partial charge in [-0.2, -0.15) is 0 Å². The van der Waals surface area contributed by atoms with Gasteiger partial charge in [-0.05, 0) is 26.0 Å². The summed E-state index contributed by atoms with van der Waals surface area (Å²) in [5.74, 6) is -0.456. The molecule has 17 heavy (non-hydrogen) atoms. The van der Waals surface area contributed by atoms with E-state index in [0.717, 1.165) is 0 Å². The van der Waals surface area contributed by atoms with Gasteiger partial charge in [-0.15, -0.1) is 0 Å². The van der Waals surface area contributed by atoms with Gasteiger partial charge in [-0.3, -0.25) is 4.79 Å². The number of carbonyl (C=O) groups excluding carboxylic acids is 1. The Morgan fingerprint density at radius 2 is 1.82 bits per heavy atom. The van der Waals surface area contributed by atoms with E-state index in [4.69, 9.17) is 4.74 Å². The smallest absolute Gasteiger partial charge is 0.312 e. The summed E-state index contributed by atoms with van der Waals surface area (Å²) in [4.78, 5) is 11.7. The maximum atomic E-state index is 12.2. The first kappa shape index (κ1) is 12.1. The topological polar surface area (TPSA) is 60.4 Å². The van der Waals surface area contributed by atoms with E-state index < -0.39 is 26.7 Å². The number of carbonyl (C=O) groups is 1. The van der Waals surface area contributed by atoms with Gasteiger partial charge >= 0.3 is 5.97 Å². The maximum Gasteiger partial charge on any atom is 0.312 e. The highest BCUT2D eigenvalue weighted by Gasteiger charge is 2.47. The number of sulfone groups is 1.